The number of rotatable bonds is 5. The van der Waals surface area contributed by atoms with E-state index in [-0.39, 0.29) is 23.3 Å². The van der Waals surface area contributed by atoms with Crippen molar-refractivity contribution in [1.82, 2.24) is 15.3 Å². The van der Waals surface area contributed by atoms with Gasteiger partial charge in [0.15, 0.2) is 0 Å². The van der Waals surface area contributed by atoms with Crippen LogP contribution >= 0.6 is 22.9 Å². The van der Waals surface area contributed by atoms with E-state index in [0.717, 1.165) is 35.0 Å². The third-order valence-electron chi connectivity index (χ3n) is 6.22. The highest BCUT2D eigenvalue weighted by Crippen LogP contribution is 2.41. The zero-order valence-electron chi connectivity index (χ0n) is 18.2. The molecule has 0 saturated carbocycles. The quantitative estimate of drug-likeness (QED) is 0.563. The zero-order valence-corrected chi connectivity index (χ0v) is 19.8. The molecule has 2 N–H and O–H groups in total. The number of hydrogen-bond acceptors (Lipinski definition) is 4. The fourth-order valence-electron chi connectivity index (χ4n) is 4.24. The van der Waals surface area contributed by atoms with Crippen LogP contribution in [0.3, 0.4) is 0 Å². The van der Waals surface area contributed by atoms with Crippen LogP contribution in [0.4, 0.5) is 0 Å². The number of fused-ring (bicyclic) bond motifs is 3. The van der Waals surface area contributed by atoms with Gasteiger partial charge in [-0.15, -0.1) is 11.3 Å². The number of nitrogens with one attached hydrogen (secondary N) is 2. The molecular weight excluding hydrogens is 430 g/mol. The molecule has 164 valence electrons. The predicted molar refractivity (Wildman–Crippen MR) is 127 cm³/mol. The van der Waals surface area contributed by atoms with Crippen LogP contribution in [0.5, 0.6) is 0 Å². The Kier molecular flexibility index (Phi) is 6.22. The van der Waals surface area contributed by atoms with Crippen molar-refractivity contribution in [2.24, 2.45) is 11.3 Å². The average Bonchev–Trinajstić information content (AvgIpc) is 3.09. The lowest BCUT2D eigenvalue weighted by molar-refractivity contribution is -0.121. The average molecular weight is 458 g/mol. The van der Waals surface area contributed by atoms with Gasteiger partial charge in [0.1, 0.15) is 10.7 Å². The highest BCUT2D eigenvalue weighted by molar-refractivity contribution is 7.18. The number of aromatic nitrogens is 2. The molecule has 4 rings (SSSR count). The molecule has 5 nitrogen and oxygen atoms in total. The molecule has 31 heavy (non-hydrogen) atoms. The number of benzene rings is 1. The Labute approximate surface area is 191 Å². The minimum absolute atomic E-state index is 0.0804. The van der Waals surface area contributed by atoms with Gasteiger partial charge in [0, 0.05) is 29.3 Å². The van der Waals surface area contributed by atoms with Gasteiger partial charge in [0.25, 0.3) is 5.56 Å². The molecule has 0 fully saturated rings. The van der Waals surface area contributed by atoms with Crippen LogP contribution in [0.2, 0.25) is 5.02 Å². The van der Waals surface area contributed by atoms with Crippen molar-refractivity contribution in [3.63, 3.8) is 0 Å². The van der Waals surface area contributed by atoms with Crippen LogP contribution in [0.25, 0.3) is 10.2 Å². The summed E-state index contributed by atoms with van der Waals surface area (Å²) in [5.74, 6) is 1.09. The number of aryl methyl sites for hydroxylation is 2. The molecule has 1 unspecified atom stereocenters. The zero-order chi connectivity index (χ0) is 22.2. The standard InChI is InChI=1S/C24H28ClN3O2S/c1-24(2,3)15-8-9-16-18(12-15)31-23-21(16)22(30)27-19(28-23)10-11-20(29)26-13-14-6-4-5-7-17(14)25/h4-7,15H,8-13H2,1-3H3,(H,26,29)(H,27,28,30). The first-order valence-electron chi connectivity index (χ1n) is 10.8. The fourth-order valence-corrected chi connectivity index (χ4v) is 5.76. The predicted octanol–water partition coefficient (Wildman–Crippen LogP) is 5.04. The van der Waals surface area contributed by atoms with E-state index in [0.29, 0.717) is 29.7 Å². The van der Waals surface area contributed by atoms with Crippen LogP contribution in [0.15, 0.2) is 29.1 Å². The minimum Gasteiger partial charge on any atom is -0.352 e. The third kappa shape index (κ3) is 4.85. The molecule has 0 saturated heterocycles. The Bertz CT molecular complexity index is 1180. The summed E-state index contributed by atoms with van der Waals surface area (Å²) >= 11 is 7.78. The molecule has 1 aromatic carbocycles. The summed E-state index contributed by atoms with van der Waals surface area (Å²) in [5, 5.41) is 4.26. The van der Waals surface area contributed by atoms with E-state index in [1.54, 1.807) is 17.4 Å². The number of amides is 1. The molecule has 0 radical (unpaired) electrons. The molecule has 1 atom stereocenters. The van der Waals surface area contributed by atoms with Crippen molar-refractivity contribution >= 4 is 39.1 Å². The molecular formula is C24H28ClN3O2S. The Morgan fingerprint density at radius 3 is 2.84 bits per heavy atom. The molecule has 1 aliphatic rings. The minimum atomic E-state index is -0.0961. The van der Waals surface area contributed by atoms with Crippen molar-refractivity contribution in [3.8, 4) is 0 Å². The monoisotopic (exact) mass is 457 g/mol. The van der Waals surface area contributed by atoms with E-state index in [9.17, 15) is 9.59 Å². The van der Waals surface area contributed by atoms with Gasteiger partial charge in [-0.05, 0) is 47.8 Å². The summed E-state index contributed by atoms with van der Waals surface area (Å²) in [6.45, 7) is 7.25. The van der Waals surface area contributed by atoms with E-state index in [4.69, 9.17) is 16.6 Å². The van der Waals surface area contributed by atoms with Gasteiger partial charge < -0.3 is 10.3 Å². The number of aromatic amines is 1. The summed E-state index contributed by atoms with van der Waals surface area (Å²) in [6, 6.07) is 7.44. The van der Waals surface area contributed by atoms with Crippen LogP contribution < -0.4 is 10.9 Å². The molecule has 1 aliphatic carbocycles. The topological polar surface area (TPSA) is 74.8 Å². The number of nitrogens with zero attached hydrogens (tertiary/aromatic N) is 1. The first kappa shape index (κ1) is 22.0. The van der Waals surface area contributed by atoms with Gasteiger partial charge in [-0.3, -0.25) is 9.59 Å². The maximum absolute atomic E-state index is 12.8. The van der Waals surface area contributed by atoms with Crippen LogP contribution in [-0.4, -0.2) is 15.9 Å². The van der Waals surface area contributed by atoms with Crippen molar-refractivity contribution in [3.05, 3.63) is 61.5 Å². The van der Waals surface area contributed by atoms with Crippen molar-refractivity contribution in [2.75, 3.05) is 0 Å². The molecule has 2 heterocycles. The van der Waals surface area contributed by atoms with E-state index < -0.39 is 0 Å². The number of carbonyl (C=O) groups excluding carboxylic acids is 1. The van der Waals surface area contributed by atoms with Crippen LogP contribution in [0.1, 0.15) is 55.4 Å². The largest absolute Gasteiger partial charge is 0.352 e. The van der Waals surface area contributed by atoms with Gasteiger partial charge in [0.05, 0.1) is 5.39 Å². The second-order valence-electron chi connectivity index (χ2n) is 9.37. The van der Waals surface area contributed by atoms with Crippen molar-refractivity contribution in [1.29, 1.82) is 0 Å². The van der Waals surface area contributed by atoms with Crippen molar-refractivity contribution in [2.45, 2.75) is 59.4 Å². The SMILES string of the molecule is CC(C)(C)C1CCc2c(sc3nc(CCC(=O)NCc4ccccc4Cl)[nH]c(=O)c23)C1. The molecule has 7 heteroatoms. The van der Waals surface area contributed by atoms with Gasteiger partial charge in [0.2, 0.25) is 5.91 Å². The maximum atomic E-state index is 12.8. The van der Waals surface area contributed by atoms with E-state index in [1.807, 2.05) is 18.2 Å². The molecule has 0 aliphatic heterocycles. The highest BCUT2D eigenvalue weighted by atomic mass is 35.5. The summed E-state index contributed by atoms with van der Waals surface area (Å²) in [6.07, 6.45) is 3.71. The van der Waals surface area contributed by atoms with Crippen LogP contribution in [0, 0.1) is 11.3 Å². The van der Waals surface area contributed by atoms with E-state index in [2.05, 4.69) is 31.1 Å². The lowest BCUT2D eigenvalue weighted by atomic mass is 9.72. The number of halogens is 1. The Morgan fingerprint density at radius 2 is 2.10 bits per heavy atom. The highest BCUT2D eigenvalue weighted by Gasteiger charge is 2.31. The summed E-state index contributed by atoms with van der Waals surface area (Å²) in [5.41, 5.74) is 2.24. The molecule has 1 amide bonds. The Balaban J connectivity index is 1.44. The normalized spacial score (nSPS) is 16.3. The molecule has 0 spiro atoms. The van der Waals surface area contributed by atoms with E-state index >= 15 is 0 Å². The molecule has 3 aromatic rings. The number of H-pyrrole nitrogens is 1. The maximum Gasteiger partial charge on any atom is 0.259 e. The number of thiophene rings is 1. The van der Waals surface area contributed by atoms with Crippen LogP contribution in [-0.2, 0) is 30.6 Å². The number of carbonyl (C=O) groups is 1. The fraction of sp³-hybridized carbons (Fsp3) is 0.458. The van der Waals surface area contributed by atoms with Crippen molar-refractivity contribution < 1.29 is 4.79 Å². The molecule has 0 bridgehead atoms. The second kappa shape index (κ2) is 8.75. The van der Waals surface area contributed by atoms with E-state index in [1.165, 1.54) is 10.4 Å². The van der Waals surface area contributed by atoms with Gasteiger partial charge in [-0.1, -0.05) is 50.6 Å². The summed E-state index contributed by atoms with van der Waals surface area (Å²) < 4.78 is 0. The smallest absolute Gasteiger partial charge is 0.259 e. The number of hydrogen-bond donors (Lipinski definition) is 2. The summed E-state index contributed by atoms with van der Waals surface area (Å²) in [7, 11) is 0. The lowest BCUT2D eigenvalue weighted by Gasteiger charge is -2.33. The first-order valence-corrected chi connectivity index (χ1v) is 12.0. The Morgan fingerprint density at radius 1 is 1.32 bits per heavy atom. The third-order valence-corrected chi connectivity index (χ3v) is 7.73. The van der Waals surface area contributed by atoms with Gasteiger partial charge >= 0.3 is 0 Å². The second-order valence-corrected chi connectivity index (χ2v) is 10.9. The Hall–Kier alpha value is -2.18. The van der Waals surface area contributed by atoms with Gasteiger partial charge in [-0.25, -0.2) is 4.98 Å². The lowest BCUT2D eigenvalue weighted by Crippen LogP contribution is -2.26. The van der Waals surface area contributed by atoms with Gasteiger partial charge in [-0.2, -0.15) is 0 Å². The molecule has 2 aromatic heterocycles. The summed E-state index contributed by atoms with van der Waals surface area (Å²) in [4.78, 5) is 34.8. The first-order chi connectivity index (χ1) is 14.7.